The van der Waals surface area contributed by atoms with E-state index >= 15 is 0 Å². The first kappa shape index (κ1) is 10.3. The van der Waals surface area contributed by atoms with E-state index in [-0.39, 0.29) is 4.21 Å². The van der Waals surface area contributed by atoms with Crippen LogP contribution in [-0.2, 0) is 10.1 Å². The molecule has 0 radical (unpaired) electrons. The fourth-order valence-corrected chi connectivity index (χ4v) is 2.69. The first-order valence-electron chi connectivity index (χ1n) is 4.04. The van der Waals surface area contributed by atoms with Gasteiger partial charge in [-0.2, -0.15) is 8.42 Å². The molecule has 0 saturated heterocycles. The van der Waals surface area contributed by atoms with Crippen molar-refractivity contribution in [1.29, 1.82) is 0 Å². The third-order valence-electron chi connectivity index (χ3n) is 1.82. The Balaban J connectivity index is 2.46. The van der Waals surface area contributed by atoms with Gasteiger partial charge in [0.1, 0.15) is 4.21 Å². The van der Waals surface area contributed by atoms with Crippen LogP contribution in [0.1, 0.15) is 0 Å². The fraction of sp³-hybridized carbons (Fsp3) is 0. The first-order valence-corrected chi connectivity index (χ1v) is 6.36. The molecule has 0 aromatic carbocycles. The monoisotopic (exact) mass is 241 g/mol. The second-order valence-corrected chi connectivity index (χ2v) is 5.43. The van der Waals surface area contributed by atoms with Gasteiger partial charge >= 0.3 is 10.1 Å². The maximum Gasteiger partial charge on any atom is 0.304 e. The SMILES string of the molecule is O=S(=O)(O)c1cc(-c2cccnc2)cs1. The zero-order chi connectivity index (χ0) is 10.9. The van der Waals surface area contributed by atoms with E-state index in [4.69, 9.17) is 4.55 Å². The maximum atomic E-state index is 10.8. The molecule has 6 heteroatoms. The van der Waals surface area contributed by atoms with Crippen LogP contribution in [0.2, 0.25) is 0 Å². The van der Waals surface area contributed by atoms with Crippen molar-refractivity contribution >= 4 is 21.5 Å². The highest BCUT2D eigenvalue weighted by Gasteiger charge is 2.13. The summed E-state index contributed by atoms with van der Waals surface area (Å²) in [5, 5.41) is 1.67. The normalized spacial score (nSPS) is 11.5. The zero-order valence-corrected chi connectivity index (χ0v) is 9.12. The van der Waals surface area contributed by atoms with Crippen molar-refractivity contribution in [3.8, 4) is 11.1 Å². The van der Waals surface area contributed by atoms with Gasteiger partial charge in [-0.15, -0.1) is 11.3 Å². The maximum absolute atomic E-state index is 10.8. The quantitative estimate of drug-likeness (QED) is 0.817. The standard InChI is InChI=1S/C9H7NO3S2/c11-15(12,13)9-4-8(6-14-9)7-2-1-3-10-5-7/h1-6H,(H,11,12,13). The van der Waals surface area contributed by atoms with Gasteiger partial charge in [-0.1, -0.05) is 6.07 Å². The zero-order valence-electron chi connectivity index (χ0n) is 7.49. The summed E-state index contributed by atoms with van der Waals surface area (Å²) in [6.45, 7) is 0. The number of thiophene rings is 1. The third-order valence-corrected chi connectivity index (χ3v) is 4.09. The molecule has 1 N–H and O–H groups in total. The molecule has 0 aliphatic rings. The Bertz CT molecular complexity index is 560. The molecule has 0 fully saturated rings. The molecule has 0 unspecified atom stereocenters. The van der Waals surface area contributed by atoms with E-state index in [9.17, 15) is 8.42 Å². The summed E-state index contributed by atoms with van der Waals surface area (Å²) in [6, 6.07) is 5.01. The number of pyridine rings is 1. The Labute approximate surface area is 91.0 Å². The minimum Gasteiger partial charge on any atom is -0.281 e. The Hall–Kier alpha value is -1.24. The molecule has 2 aromatic heterocycles. The van der Waals surface area contributed by atoms with E-state index in [1.54, 1.807) is 23.8 Å². The molecule has 0 atom stereocenters. The van der Waals surface area contributed by atoms with E-state index in [1.165, 1.54) is 6.07 Å². The van der Waals surface area contributed by atoms with Crippen LogP contribution in [0.25, 0.3) is 11.1 Å². The van der Waals surface area contributed by atoms with E-state index in [2.05, 4.69) is 4.98 Å². The number of aromatic nitrogens is 1. The molecule has 15 heavy (non-hydrogen) atoms. The lowest BCUT2D eigenvalue weighted by Gasteiger charge is -1.93. The largest absolute Gasteiger partial charge is 0.304 e. The summed E-state index contributed by atoms with van der Waals surface area (Å²) in [6.07, 6.45) is 3.27. The Morgan fingerprint density at radius 3 is 2.67 bits per heavy atom. The summed E-state index contributed by atoms with van der Waals surface area (Å²) in [5.74, 6) is 0. The van der Waals surface area contributed by atoms with Crippen molar-refractivity contribution < 1.29 is 13.0 Å². The second kappa shape index (κ2) is 3.73. The van der Waals surface area contributed by atoms with Crippen molar-refractivity contribution in [2.45, 2.75) is 4.21 Å². The van der Waals surface area contributed by atoms with Gasteiger partial charge in [-0.25, -0.2) is 0 Å². The molecule has 0 saturated carbocycles. The van der Waals surface area contributed by atoms with Gasteiger partial charge in [0.25, 0.3) is 0 Å². The average molecular weight is 241 g/mol. The van der Waals surface area contributed by atoms with E-state index in [0.29, 0.717) is 0 Å². The molecule has 2 aromatic rings. The van der Waals surface area contributed by atoms with E-state index in [0.717, 1.165) is 22.5 Å². The molecule has 0 aliphatic carbocycles. The van der Waals surface area contributed by atoms with Gasteiger partial charge in [0.05, 0.1) is 0 Å². The van der Waals surface area contributed by atoms with Crippen molar-refractivity contribution in [2.75, 3.05) is 0 Å². The van der Waals surface area contributed by atoms with E-state index < -0.39 is 10.1 Å². The van der Waals surface area contributed by atoms with Gasteiger partial charge in [-0.3, -0.25) is 9.54 Å². The minimum absolute atomic E-state index is 0.0543. The lowest BCUT2D eigenvalue weighted by molar-refractivity contribution is 0.485. The van der Waals surface area contributed by atoms with Crippen LogP contribution in [0.15, 0.2) is 40.2 Å². The minimum atomic E-state index is -4.09. The highest BCUT2D eigenvalue weighted by Crippen LogP contribution is 2.27. The molecular formula is C9H7NO3S2. The second-order valence-electron chi connectivity index (χ2n) is 2.87. The highest BCUT2D eigenvalue weighted by atomic mass is 32.3. The van der Waals surface area contributed by atoms with Crippen molar-refractivity contribution in [2.24, 2.45) is 0 Å². The first-order chi connectivity index (χ1) is 7.07. The fourth-order valence-electron chi connectivity index (χ4n) is 1.14. The van der Waals surface area contributed by atoms with Crippen molar-refractivity contribution in [3.05, 3.63) is 36.0 Å². The van der Waals surface area contributed by atoms with E-state index in [1.807, 2.05) is 6.07 Å². The average Bonchev–Trinajstić information content (AvgIpc) is 2.67. The lowest BCUT2D eigenvalue weighted by Crippen LogP contribution is -1.93. The van der Waals surface area contributed by atoms with Crippen LogP contribution >= 0.6 is 11.3 Å². The summed E-state index contributed by atoms with van der Waals surface area (Å²) < 4.78 is 30.4. The van der Waals surface area contributed by atoms with Crippen LogP contribution in [0.4, 0.5) is 0 Å². The van der Waals surface area contributed by atoms with Gasteiger partial charge in [0.2, 0.25) is 0 Å². The number of rotatable bonds is 2. The van der Waals surface area contributed by atoms with Crippen LogP contribution in [0.3, 0.4) is 0 Å². The Morgan fingerprint density at radius 1 is 1.33 bits per heavy atom. The third kappa shape index (κ3) is 2.23. The van der Waals surface area contributed by atoms with Gasteiger partial charge in [-0.05, 0) is 17.7 Å². The van der Waals surface area contributed by atoms with Crippen molar-refractivity contribution in [1.82, 2.24) is 4.98 Å². The van der Waals surface area contributed by atoms with Crippen LogP contribution in [0, 0.1) is 0 Å². The predicted octanol–water partition coefficient (Wildman–Crippen LogP) is 2.06. The Kier molecular flexibility index (Phi) is 2.56. The molecule has 2 rings (SSSR count). The molecule has 78 valence electrons. The van der Waals surface area contributed by atoms with Gasteiger partial charge < -0.3 is 0 Å². The highest BCUT2D eigenvalue weighted by molar-refractivity contribution is 7.88. The van der Waals surface area contributed by atoms with Gasteiger partial charge in [0, 0.05) is 23.3 Å². The number of hydrogen-bond acceptors (Lipinski definition) is 4. The smallest absolute Gasteiger partial charge is 0.281 e. The van der Waals surface area contributed by atoms with Crippen LogP contribution in [-0.4, -0.2) is 18.0 Å². The molecule has 4 nitrogen and oxygen atoms in total. The van der Waals surface area contributed by atoms with Crippen LogP contribution in [0.5, 0.6) is 0 Å². The lowest BCUT2D eigenvalue weighted by atomic mass is 10.2. The molecule has 0 spiro atoms. The number of hydrogen-bond donors (Lipinski definition) is 1. The molecular weight excluding hydrogens is 234 g/mol. The van der Waals surface area contributed by atoms with Crippen molar-refractivity contribution in [3.63, 3.8) is 0 Å². The van der Waals surface area contributed by atoms with Crippen LogP contribution < -0.4 is 0 Å². The summed E-state index contributed by atoms with van der Waals surface area (Å²) >= 11 is 0.986. The number of nitrogens with zero attached hydrogens (tertiary/aromatic N) is 1. The topological polar surface area (TPSA) is 67.3 Å². The molecule has 2 heterocycles. The van der Waals surface area contributed by atoms with Gasteiger partial charge in [0.15, 0.2) is 0 Å². The molecule has 0 aliphatic heterocycles. The Morgan fingerprint density at radius 2 is 2.13 bits per heavy atom. The predicted molar refractivity (Wildman–Crippen MR) is 57.4 cm³/mol. The summed E-state index contributed by atoms with van der Waals surface area (Å²) in [5.41, 5.74) is 1.56. The summed E-state index contributed by atoms with van der Waals surface area (Å²) in [7, 11) is -4.09. The summed E-state index contributed by atoms with van der Waals surface area (Å²) in [4.78, 5) is 3.93. The molecule has 0 bridgehead atoms. The molecule has 0 amide bonds.